The summed E-state index contributed by atoms with van der Waals surface area (Å²) in [7, 11) is 0. The number of ether oxygens (including phenoxy) is 1. The van der Waals surface area contributed by atoms with Gasteiger partial charge in [0.25, 0.3) is 0 Å². The highest BCUT2D eigenvalue weighted by Gasteiger charge is 2.38. The number of amides is 1. The van der Waals surface area contributed by atoms with Crippen LogP contribution < -0.4 is 0 Å². The van der Waals surface area contributed by atoms with E-state index in [1.54, 1.807) is 0 Å². The summed E-state index contributed by atoms with van der Waals surface area (Å²) < 4.78 is 6.07. The van der Waals surface area contributed by atoms with E-state index < -0.39 is 0 Å². The average molecular weight is 470 g/mol. The van der Waals surface area contributed by atoms with E-state index in [1.165, 1.54) is 27.8 Å². The van der Waals surface area contributed by atoms with Crippen molar-refractivity contribution in [2.75, 3.05) is 13.2 Å². The largest absolute Gasteiger partial charge is 0.448 e. The maximum atomic E-state index is 13.7. The van der Waals surface area contributed by atoms with Crippen LogP contribution in [-0.4, -0.2) is 24.1 Å². The van der Waals surface area contributed by atoms with Crippen LogP contribution in [0.2, 0.25) is 0 Å². The second-order valence-electron chi connectivity index (χ2n) is 9.45. The third-order valence-electron chi connectivity index (χ3n) is 7.56. The zero-order valence-corrected chi connectivity index (χ0v) is 20.0. The Hall–Kier alpha value is -4.29. The molecule has 4 aromatic rings. The van der Waals surface area contributed by atoms with Crippen molar-refractivity contribution < 1.29 is 9.53 Å². The minimum atomic E-state index is -0.312. The van der Waals surface area contributed by atoms with Crippen molar-refractivity contribution in [1.29, 1.82) is 0 Å². The highest BCUT2D eigenvalue weighted by atomic mass is 16.6. The molecule has 0 saturated carbocycles. The van der Waals surface area contributed by atoms with Gasteiger partial charge in [0.15, 0.2) is 0 Å². The van der Waals surface area contributed by atoms with Crippen molar-refractivity contribution in [3.05, 3.63) is 131 Å². The van der Waals surface area contributed by atoms with E-state index in [4.69, 9.17) is 11.2 Å². The lowest BCUT2D eigenvalue weighted by Gasteiger charge is -2.39. The zero-order chi connectivity index (χ0) is 24.5. The molecular formula is C33H27NO2. The third-order valence-corrected chi connectivity index (χ3v) is 7.56. The lowest BCUT2D eigenvalue weighted by atomic mass is 9.82. The van der Waals surface area contributed by atoms with Gasteiger partial charge >= 0.3 is 6.09 Å². The summed E-state index contributed by atoms with van der Waals surface area (Å²) in [5.41, 5.74) is 8.21. The molecule has 176 valence electrons. The fourth-order valence-corrected chi connectivity index (χ4v) is 5.87. The highest BCUT2D eigenvalue weighted by Crippen LogP contribution is 2.45. The molecular weight excluding hydrogens is 442 g/mol. The molecule has 2 atom stereocenters. The average Bonchev–Trinajstić information content (AvgIpc) is 3.26. The van der Waals surface area contributed by atoms with Crippen molar-refractivity contribution in [3.8, 4) is 23.5 Å². The van der Waals surface area contributed by atoms with Gasteiger partial charge in [0.1, 0.15) is 6.61 Å². The van der Waals surface area contributed by atoms with Crippen LogP contribution in [0.15, 0.2) is 103 Å². The van der Waals surface area contributed by atoms with Gasteiger partial charge in [-0.15, -0.1) is 6.42 Å². The van der Waals surface area contributed by atoms with E-state index in [2.05, 4.69) is 66.6 Å². The first-order valence-corrected chi connectivity index (χ1v) is 12.5. The molecule has 0 fully saturated rings. The van der Waals surface area contributed by atoms with E-state index in [0.29, 0.717) is 13.2 Å². The van der Waals surface area contributed by atoms with Crippen molar-refractivity contribution in [2.45, 2.75) is 24.3 Å². The molecule has 0 saturated heterocycles. The van der Waals surface area contributed by atoms with Crippen LogP contribution >= 0.6 is 0 Å². The molecule has 0 radical (unpaired) electrons. The number of fused-ring (bicyclic) bond motifs is 4. The molecule has 0 aromatic heterocycles. The maximum Gasteiger partial charge on any atom is 0.410 e. The van der Waals surface area contributed by atoms with Gasteiger partial charge in [-0.3, -0.25) is 4.90 Å². The van der Waals surface area contributed by atoms with Crippen molar-refractivity contribution in [1.82, 2.24) is 4.90 Å². The Morgan fingerprint density at radius 3 is 2.08 bits per heavy atom. The van der Waals surface area contributed by atoms with Crippen LogP contribution in [0.5, 0.6) is 0 Å². The number of nitrogens with zero attached hydrogens (tertiary/aromatic N) is 1. The van der Waals surface area contributed by atoms with E-state index in [-0.39, 0.29) is 24.0 Å². The lowest BCUT2D eigenvalue weighted by Crippen LogP contribution is -2.43. The summed E-state index contributed by atoms with van der Waals surface area (Å²) in [4.78, 5) is 15.5. The summed E-state index contributed by atoms with van der Waals surface area (Å²) in [6.45, 7) is 0.868. The molecule has 0 bridgehead atoms. The van der Waals surface area contributed by atoms with Crippen LogP contribution in [0.3, 0.4) is 0 Å². The van der Waals surface area contributed by atoms with Crippen LogP contribution in [0.1, 0.15) is 45.7 Å². The molecule has 0 spiro atoms. The minimum absolute atomic E-state index is 0.0226. The Morgan fingerprint density at radius 2 is 1.42 bits per heavy atom. The number of rotatable bonds is 4. The Labute approximate surface area is 212 Å². The van der Waals surface area contributed by atoms with Gasteiger partial charge in [-0.05, 0) is 45.4 Å². The molecule has 2 aliphatic rings. The van der Waals surface area contributed by atoms with E-state index in [1.807, 2.05) is 47.4 Å². The first-order valence-electron chi connectivity index (χ1n) is 12.5. The second-order valence-corrected chi connectivity index (χ2v) is 9.45. The number of hydrogen-bond acceptors (Lipinski definition) is 2. The molecule has 1 heterocycles. The van der Waals surface area contributed by atoms with Gasteiger partial charge in [-0.1, -0.05) is 109 Å². The van der Waals surface area contributed by atoms with E-state index >= 15 is 0 Å². The Balaban J connectivity index is 1.30. The molecule has 4 aromatic carbocycles. The Morgan fingerprint density at radius 1 is 0.833 bits per heavy atom. The SMILES string of the molecule is C#CC(c1ccccc1)C1c2ccccc2CCN1C(=O)OCC1c2ccccc2-c2ccccc21. The number of carbonyl (C=O) groups is 1. The van der Waals surface area contributed by atoms with E-state index in [9.17, 15) is 4.79 Å². The molecule has 3 nitrogen and oxygen atoms in total. The predicted molar refractivity (Wildman–Crippen MR) is 143 cm³/mol. The number of benzene rings is 4. The van der Waals surface area contributed by atoms with Gasteiger partial charge in [0, 0.05) is 12.5 Å². The maximum absolute atomic E-state index is 13.7. The first-order chi connectivity index (χ1) is 17.8. The van der Waals surface area contributed by atoms with Gasteiger partial charge in [0.2, 0.25) is 0 Å². The highest BCUT2D eigenvalue weighted by molar-refractivity contribution is 5.79. The molecule has 6 rings (SSSR count). The molecule has 0 N–H and O–H groups in total. The third kappa shape index (κ3) is 3.76. The summed E-state index contributed by atoms with van der Waals surface area (Å²) >= 11 is 0. The number of carbonyl (C=O) groups excluding carboxylic acids is 1. The second kappa shape index (κ2) is 9.40. The molecule has 2 unspecified atom stereocenters. The normalized spacial score (nSPS) is 16.9. The van der Waals surface area contributed by atoms with Gasteiger partial charge in [0.05, 0.1) is 12.0 Å². The van der Waals surface area contributed by atoms with Crippen LogP contribution in [0.25, 0.3) is 11.1 Å². The number of terminal acetylenes is 1. The number of hydrogen-bond donors (Lipinski definition) is 0. The van der Waals surface area contributed by atoms with Gasteiger partial charge in [-0.2, -0.15) is 0 Å². The van der Waals surface area contributed by atoms with Crippen molar-refractivity contribution in [2.24, 2.45) is 0 Å². The standard InChI is InChI=1S/C33H27NO2/c1-2-25(23-12-4-3-5-13-23)32-26-15-7-6-14-24(26)20-21-34(32)33(35)36-22-31-29-18-10-8-16-27(29)28-17-9-11-19-30(28)31/h1,3-19,25,31-32H,20-22H2. The molecule has 1 aliphatic carbocycles. The van der Waals surface area contributed by atoms with Crippen LogP contribution in [-0.2, 0) is 11.2 Å². The smallest absolute Gasteiger partial charge is 0.410 e. The summed E-state index contributed by atoms with van der Waals surface area (Å²) in [5, 5.41) is 0. The van der Waals surface area contributed by atoms with Gasteiger partial charge < -0.3 is 4.74 Å². The fourth-order valence-electron chi connectivity index (χ4n) is 5.87. The lowest BCUT2D eigenvalue weighted by molar-refractivity contribution is 0.0778. The summed E-state index contributed by atoms with van der Waals surface area (Å²) in [6, 6.07) is 34.8. The van der Waals surface area contributed by atoms with Gasteiger partial charge in [-0.25, -0.2) is 4.79 Å². The molecule has 1 amide bonds. The van der Waals surface area contributed by atoms with E-state index in [0.717, 1.165) is 17.5 Å². The predicted octanol–water partition coefficient (Wildman–Crippen LogP) is 6.95. The Kier molecular flexibility index (Phi) is 5.79. The molecule has 1 aliphatic heterocycles. The topological polar surface area (TPSA) is 29.5 Å². The molecule has 3 heteroatoms. The zero-order valence-electron chi connectivity index (χ0n) is 20.0. The fraction of sp³-hybridized carbons (Fsp3) is 0.182. The summed E-state index contributed by atoms with van der Waals surface area (Å²) in [6.07, 6.45) is 6.57. The van der Waals surface area contributed by atoms with Crippen LogP contribution in [0.4, 0.5) is 4.79 Å². The first kappa shape index (κ1) is 22.2. The quantitative estimate of drug-likeness (QED) is 0.303. The molecule has 36 heavy (non-hydrogen) atoms. The van der Waals surface area contributed by atoms with Crippen molar-refractivity contribution in [3.63, 3.8) is 0 Å². The minimum Gasteiger partial charge on any atom is -0.448 e. The van der Waals surface area contributed by atoms with Crippen molar-refractivity contribution >= 4 is 6.09 Å². The Bertz CT molecular complexity index is 1410. The van der Waals surface area contributed by atoms with Crippen LogP contribution in [0, 0.1) is 12.3 Å². The summed E-state index contributed by atoms with van der Waals surface area (Å²) in [5.74, 6) is 2.74. The monoisotopic (exact) mass is 469 g/mol.